The molecule has 0 radical (unpaired) electrons. The van der Waals surface area contributed by atoms with E-state index in [2.05, 4.69) is 11.5 Å². The first-order valence-electron chi connectivity index (χ1n) is 7.21. The minimum absolute atomic E-state index is 0.347. The summed E-state index contributed by atoms with van der Waals surface area (Å²) < 4.78 is 0. The van der Waals surface area contributed by atoms with Crippen molar-refractivity contribution in [2.75, 3.05) is 6.54 Å². The van der Waals surface area contributed by atoms with Crippen molar-refractivity contribution >= 4 is 5.91 Å². The van der Waals surface area contributed by atoms with Crippen molar-refractivity contribution in [3.63, 3.8) is 0 Å². The molecule has 17 heavy (non-hydrogen) atoms. The largest absolute Gasteiger partial charge is 0.336 e. The number of hydrogen-bond acceptors (Lipinski definition) is 1. The molecule has 3 aliphatic rings. The van der Waals surface area contributed by atoms with Crippen molar-refractivity contribution in [3.8, 4) is 0 Å². The molecule has 2 atom stereocenters. The van der Waals surface area contributed by atoms with Gasteiger partial charge in [0, 0.05) is 18.5 Å². The van der Waals surface area contributed by atoms with E-state index in [-0.39, 0.29) is 0 Å². The highest BCUT2D eigenvalue weighted by molar-refractivity contribution is 5.80. The third-order valence-electron chi connectivity index (χ3n) is 4.97. The molecule has 2 unspecified atom stereocenters. The molecule has 0 bridgehead atoms. The maximum Gasteiger partial charge on any atom is 0.226 e. The Morgan fingerprint density at radius 2 is 1.82 bits per heavy atom. The summed E-state index contributed by atoms with van der Waals surface area (Å²) in [5.74, 6) is 2.58. The molecule has 0 aliphatic heterocycles. The lowest BCUT2D eigenvalue weighted by Gasteiger charge is -2.30. The summed E-state index contributed by atoms with van der Waals surface area (Å²) in [6.45, 7) is 4.57. The van der Waals surface area contributed by atoms with Gasteiger partial charge in [0.25, 0.3) is 0 Å². The average molecular weight is 233 g/mol. The molecule has 1 amide bonds. The van der Waals surface area contributed by atoms with E-state index < -0.39 is 0 Å². The second-order valence-corrected chi connectivity index (χ2v) is 6.14. The molecule has 3 fully saturated rings. The van der Waals surface area contributed by atoms with Gasteiger partial charge in [-0.15, -0.1) is 6.58 Å². The van der Waals surface area contributed by atoms with E-state index in [0.717, 1.165) is 18.4 Å². The molecule has 0 N–H and O–H groups in total. The highest BCUT2D eigenvalue weighted by Gasteiger charge is 2.49. The summed E-state index contributed by atoms with van der Waals surface area (Å²) in [6, 6.07) is 0.512. The Morgan fingerprint density at radius 1 is 1.18 bits per heavy atom. The molecule has 0 aromatic heterocycles. The summed E-state index contributed by atoms with van der Waals surface area (Å²) in [6.07, 6.45) is 10.6. The maximum atomic E-state index is 12.6. The SMILES string of the molecule is C=CCN(C(=O)C1CC2CC2C1)C1CCCC1. The van der Waals surface area contributed by atoms with Crippen LogP contribution in [0.5, 0.6) is 0 Å². The quantitative estimate of drug-likeness (QED) is 0.684. The van der Waals surface area contributed by atoms with Crippen LogP contribution in [0, 0.1) is 17.8 Å². The van der Waals surface area contributed by atoms with E-state index in [1.165, 1.54) is 44.9 Å². The molecule has 3 aliphatic carbocycles. The molecule has 2 nitrogen and oxygen atoms in total. The van der Waals surface area contributed by atoms with Crippen molar-refractivity contribution in [1.82, 2.24) is 4.90 Å². The fraction of sp³-hybridized carbons (Fsp3) is 0.800. The van der Waals surface area contributed by atoms with Gasteiger partial charge < -0.3 is 4.90 Å². The predicted molar refractivity (Wildman–Crippen MR) is 68.5 cm³/mol. The van der Waals surface area contributed by atoms with Crippen LogP contribution in [0.3, 0.4) is 0 Å². The van der Waals surface area contributed by atoms with E-state index in [4.69, 9.17) is 0 Å². The molecule has 0 aromatic carbocycles. The van der Waals surface area contributed by atoms with Gasteiger partial charge in [-0.05, 0) is 43.9 Å². The van der Waals surface area contributed by atoms with E-state index in [9.17, 15) is 4.79 Å². The smallest absolute Gasteiger partial charge is 0.226 e. The topological polar surface area (TPSA) is 20.3 Å². The van der Waals surface area contributed by atoms with Gasteiger partial charge in [-0.3, -0.25) is 4.79 Å². The Labute approximate surface area is 104 Å². The second-order valence-electron chi connectivity index (χ2n) is 6.14. The minimum atomic E-state index is 0.347. The number of amides is 1. The van der Waals surface area contributed by atoms with E-state index in [0.29, 0.717) is 17.9 Å². The number of rotatable bonds is 4. The second kappa shape index (κ2) is 4.47. The number of hydrogen-bond donors (Lipinski definition) is 0. The van der Waals surface area contributed by atoms with Crippen molar-refractivity contribution in [1.29, 1.82) is 0 Å². The van der Waals surface area contributed by atoms with Gasteiger partial charge in [0.05, 0.1) is 0 Å². The Kier molecular flexibility index (Phi) is 2.97. The molecule has 3 rings (SSSR count). The fourth-order valence-electron chi connectivity index (χ4n) is 3.92. The van der Waals surface area contributed by atoms with Crippen LogP contribution in [0.2, 0.25) is 0 Å². The molecule has 0 spiro atoms. The number of carbonyl (C=O) groups excluding carboxylic acids is 1. The zero-order valence-corrected chi connectivity index (χ0v) is 10.6. The summed E-state index contributed by atoms with van der Waals surface area (Å²) in [5.41, 5.74) is 0. The van der Waals surface area contributed by atoms with Gasteiger partial charge in [-0.1, -0.05) is 18.9 Å². The molecule has 94 valence electrons. The lowest BCUT2D eigenvalue weighted by Crippen LogP contribution is -2.42. The number of nitrogens with zero attached hydrogens (tertiary/aromatic N) is 1. The zero-order valence-electron chi connectivity index (χ0n) is 10.6. The highest BCUT2D eigenvalue weighted by atomic mass is 16.2. The van der Waals surface area contributed by atoms with Gasteiger partial charge in [-0.2, -0.15) is 0 Å². The Hall–Kier alpha value is -0.790. The number of fused-ring (bicyclic) bond motifs is 1. The third kappa shape index (κ3) is 2.14. The molecule has 0 heterocycles. The minimum Gasteiger partial charge on any atom is -0.336 e. The molecule has 0 aromatic rings. The summed E-state index contributed by atoms with van der Waals surface area (Å²) in [5, 5.41) is 0. The van der Waals surface area contributed by atoms with Crippen LogP contribution in [-0.4, -0.2) is 23.4 Å². The van der Waals surface area contributed by atoms with Crippen LogP contribution in [0.25, 0.3) is 0 Å². The zero-order chi connectivity index (χ0) is 11.8. The lowest BCUT2D eigenvalue weighted by molar-refractivity contribution is -0.137. The highest BCUT2D eigenvalue weighted by Crippen LogP contribution is 2.54. The Balaban J connectivity index is 1.64. The first kappa shape index (κ1) is 11.3. The average Bonchev–Trinajstić information content (AvgIpc) is 2.81. The van der Waals surface area contributed by atoms with Gasteiger partial charge >= 0.3 is 0 Å². The number of carbonyl (C=O) groups is 1. The predicted octanol–water partition coefficient (Wildman–Crippen LogP) is 2.99. The van der Waals surface area contributed by atoms with Crippen LogP contribution in [0.1, 0.15) is 44.9 Å². The Morgan fingerprint density at radius 3 is 2.41 bits per heavy atom. The van der Waals surface area contributed by atoms with Crippen LogP contribution in [0.15, 0.2) is 12.7 Å². The first-order chi connectivity index (χ1) is 8.29. The van der Waals surface area contributed by atoms with Gasteiger partial charge in [0.15, 0.2) is 0 Å². The molecule has 0 saturated heterocycles. The molecule has 2 heteroatoms. The van der Waals surface area contributed by atoms with E-state index in [1.807, 2.05) is 6.08 Å². The maximum absolute atomic E-state index is 12.6. The van der Waals surface area contributed by atoms with Crippen molar-refractivity contribution in [2.45, 2.75) is 51.0 Å². The standard InChI is InChI=1S/C15H23NO/c1-2-7-16(14-5-3-4-6-14)15(17)13-9-11-8-12(11)10-13/h2,11-14H,1,3-10H2. The first-order valence-corrected chi connectivity index (χ1v) is 7.21. The molecule has 3 saturated carbocycles. The summed E-state index contributed by atoms with van der Waals surface area (Å²) >= 11 is 0. The lowest BCUT2D eigenvalue weighted by atomic mass is 10.0. The molecular weight excluding hydrogens is 210 g/mol. The normalized spacial score (nSPS) is 35.6. The van der Waals surface area contributed by atoms with Gasteiger partial charge in [0.1, 0.15) is 0 Å². The van der Waals surface area contributed by atoms with Crippen molar-refractivity contribution in [2.24, 2.45) is 17.8 Å². The molecular formula is C15H23NO. The monoisotopic (exact) mass is 233 g/mol. The van der Waals surface area contributed by atoms with Crippen LogP contribution in [0.4, 0.5) is 0 Å². The van der Waals surface area contributed by atoms with E-state index in [1.54, 1.807) is 0 Å². The third-order valence-corrected chi connectivity index (χ3v) is 4.97. The summed E-state index contributed by atoms with van der Waals surface area (Å²) in [4.78, 5) is 14.7. The van der Waals surface area contributed by atoms with Crippen LogP contribution in [-0.2, 0) is 4.79 Å². The van der Waals surface area contributed by atoms with Crippen LogP contribution >= 0.6 is 0 Å². The fourth-order valence-corrected chi connectivity index (χ4v) is 3.92. The summed E-state index contributed by atoms with van der Waals surface area (Å²) in [7, 11) is 0. The van der Waals surface area contributed by atoms with E-state index >= 15 is 0 Å². The van der Waals surface area contributed by atoms with Crippen LogP contribution < -0.4 is 0 Å². The Bertz CT molecular complexity index is 309. The van der Waals surface area contributed by atoms with Gasteiger partial charge in [0.2, 0.25) is 5.91 Å². The van der Waals surface area contributed by atoms with Crippen molar-refractivity contribution < 1.29 is 4.79 Å². The van der Waals surface area contributed by atoms with Crippen molar-refractivity contribution in [3.05, 3.63) is 12.7 Å². The van der Waals surface area contributed by atoms with Gasteiger partial charge in [-0.25, -0.2) is 0 Å².